The fourth-order valence-corrected chi connectivity index (χ4v) is 5.27. The number of carbonyl (C=O) groups is 1. The van der Waals surface area contributed by atoms with E-state index in [-0.39, 0.29) is 22.0 Å². The normalized spacial score (nSPS) is 12.3. The first-order valence-corrected chi connectivity index (χ1v) is 11.8. The Balaban J connectivity index is 1.59. The Bertz CT molecular complexity index is 1470. The molecule has 3 aromatic carbocycles. The number of aromatic nitrogens is 1. The van der Waals surface area contributed by atoms with Crippen LogP contribution >= 0.6 is 11.3 Å². The minimum atomic E-state index is -3.90. The van der Waals surface area contributed by atoms with Crippen molar-refractivity contribution in [3.63, 3.8) is 0 Å². The van der Waals surface area contributed by atoms with Crippen LogP contribution in [0.25, 0.3) is 10.2 Å². The van der Waals surface area contributed by atoms with Crippen LogP contribution in [0, 0.1) is 11.6 Å². The average molecular weight is 474 g/mol. The largest absolute Gasteiger partial charge is 0.317 e. The van der Waals surface area contributed by atoms with Gasteiger partial charge < -0.3 is 4.57 Å². The first-order valence-electron chi connectivity index (χ1n) is 9.53. The lowest BCUT2D eigenvalue weighted by Gasteiger charge is -2.08. The predicted octanol–water partition coefficient (Wildman–Crippen LogP) is 4.54. The van der Waals surface area contributed by atoms with Crippen LogP contribution in [0.2, 0.25) is 0 Å². The fourth-order valence-electron chi connectivity index (χ4n) is 3.10. The second-order valence-electron chi connectivity index (χ2n) is 6.79. The van der Waals surface area contributed by atoms with E-state index in [0.717, 1.165) is 29.8 Å². The summed E-state index contributed by atoms with van der Waals surface area (Å²) < 4.78 is 56.3. The SMILES string of the molecule is CCn1c(=NC(=O)c2ccc(NS(=O)(=O)c3ccc(F)cc3)cc2)sc2cc(F)ccc21. The first kappa shape index (κ1) is 21.8. The van der Waals surface area contributed by atoms with Crippen LogP contribution < -0.4 is 9.52 Å². The number of nitrogens with zero attached hydrogens (tertiary/aromatic N) is 2. The lowest BCUT2D eigenvalue weighted by Crippen LogP contribution is -2.16. The molecule has 1 N–H and O–H groups in total. The van der Waals surface area contributed by atoms with Gasteiger partial charge in [-0.15, -0.1) is 0 Å². The van der Waals surface area contributed by atoms with E-state index in [4.69, 9.17) is 0 Å². The second-order valence-corrected chi connectivity index (χ2v) is 9.49. The number of sulfonamides is 1. The Hall–Kier alpha value is -3.37. The third-order valence-electron chi connectivity index (χ3n) is 4.67. The number of thiazole rings is 1. The summed E-state index contributed by atoms with van der Waals surface area (Å²) in [7, 11) is -3.90. The highest BCUT2D eigenvalue weighted by molar-refractivity contribution is 7.92. The standard InChI is InChI=1S/C22H17F2N3O3S2/c1-2-27-19-12-7-16(24)13-20(19)31-22(27)25-21(28)14-3-8-17(9-4-14)26-32(29,30)18-10-5-15(23)6-11-18/h3-13,26H,2H2,1H3. The van der Waals surface area contributed by atoms with Gasteiger partial charge in [-0.05, 0) is 73.7 Å². The van der Waals surface area contributed by atoms with Gasteiger partial charge in [0, 0.05) is 17.8 Å². The Morgan fingerprint density at radius 1 is 1.00 bits per heavy atom. The van der Waals surface area contributed by atoms with E-state index < -0.39 is 21.7 Å². The van der Waals surface area contributed by atoms with Crippen molar-refractivity contribution in [3.05, 3.63) is 88.7 Å². The minimum absolute atomic E-state index is 0.0839. The number of hydrogen-bond acceptors (Lipinski definition) is 4. The molecule has 0 aliphatic rings. The van der Waals surface area contributed by atoms with Gasteiger partial charge in [0.25, 0.3) is 15.9 Å². The van der Waals surface area contributed by atoms with Gasteiger partial charge in [-0.1, -0.05) is 11.3 Å². The van der Waals surface area contributed by atoms with Crippen LogP contribution in [-0.4, -0.2) is 18.9 Å². The van der Waals surface area contributed by atoms with E-state index in [0.29, 0.717) is 16.0 Å². The molecule has 0 aliphatic carbocycles. The van der Waals surface area contributed by atoms with Gasteiger partial charge in [0.2, 0.25) is 0 Å². The van der Waals surface area contributed by atoms with Crippen molar-refractivity contribution in [1.29, 1.82) is 0 Å². The molecule has 32 heavy (non-hydrogen) atoms. The number of nitrogens with one attached hydrogen (secondary N) is 1. The zero-order valence-corrected chi connectivity index (χ0v) is 18.4. The molecule has 0 spiro atoms. The van der Waals surface area contributed by atoms with Gasteiger partial charge in [0.05, 0.1) is 15.1 Å². The molecule has 6 nitrogen and oxygen atoms in total. The maximum Gasteiger partial charge on any atom is 0.279 e. The number of fused-ring (bicyclic) bond motifs is 1. The molecular formula is C22H17F2N3O3S2. The summed E-state index contributed by atoms with van der Waals surface area (Å²) in [6, 6.07) is 14.6. The molecule has 4 rings (SSSR count). The second kappa shape index (κ2) is 8.64. The number of halogens is 2. The lowest BCUT2D eigenvalue weighted by molar-refractivity contribution is 0.0998. The van der Waals surface area contributed by atoms with Crippen LogP contribution in [-0.2, 0) is 16.6 Å². The highest BCUT2D eigenvalue weighted by Crippen LogP contribution is 2.20. The molecule has 1 aromatic heterocycles. The van der Waals surface area contributed by atoms with E-state index in [1.807, 2.05) is 11.5 Å². The Kier molecular flexibility index (Phi) is 5.90. The maximum absolute atomic E-state index is 13.5. The quantitative estimate of drug-likeness (QED) is 0.462. The van der Waals surface area contributed by atoms with E-state index in [1.165, 1.54) is 47.7 Å². The summed E-state index contributed by atoms with van der Waals surface area (Å²) in [4.78, 5) is 17.2. The van der Waals surface area contributed by atoms with Crippen molar-refractivity contribution in [2.75, 3.05) is 4.72 Å². The van der Waals surface area contributed by atoms with Crippen molar-refractivity contribution in [1.82, 2.24) is 4.57 Å². The van der Waals surface area contributed by atoms with Gasteiger partial charge in [0.1, 0.15) is 11.6 Å². The zero-order valence-electron chi connectivity index (χ0n) is 16.7. The van der Waals surface area contributed by atoms with Crippen LogP contribution in [0.1, 0.15) is 17.3 Å². The molecular weight excluding hydrogens is 456 g/mol. The lowest BCUT2D eigenvalue weighted by atomic mass is 10.2. The van der Waals surface area contributed by atoms with E-state index in [1.54, 1.807) is 6.07 Å². The molecule has 0 radical (unpaired) electrons. The number of aryl methyl sites for hydroxylation is 1. The topological polar surface area (TPSA) is 80.5 Å². The van der Waals surface area contributed by atoms with E-state index in [2.05, 4.69) is 9.71 Å². The molecule has 0 aliphatic heterocycles. The number of rotatable bonds is 5. The number of benzene rings is 3. The number of amides is 1. The van der Waals surface area contributed by atoms with Crippen LogP contribution in [0.3, 0.4) is 0 Å². The number of carbonyl (C=O) groups excluding carboxylic acids is 1. The van der Waals surface area contributed by atoms with Crippen LogP contribution in [0.5, 0.6) is 0 Å². The molecule has 1 heterocycles. The van der Waals surface area contributed by atoms with Gasteiger partial charge in [-0.3, -0.25) is 9.52 Å². The molecule has 0 fully saturated rings. The molecule has 0 saturated carbocycles. The molecule has 0 atom stereocenters. The van der Waals surface area contributed by atoms with E-state index in [9.17, 15) is 22.0 Å². The molecule has 4 aromatic rings. The molecule has 164 valence electrons. The van der Waals surface area contributed by atoms with Gasteiger partial charge in [0.15, 0.2) is 4.80 Å². The average Bonchev–Trinajstić information content (AvgIpc) is 3.10. The first-order chi connectivity index (χ1) is 15.3. The van der Waals surface area contributed by atoms with Crippen molar-refractivity contribution in [3.8, 4) is 0 Å². The molecule has 0 bridgehead atoms. The monoisotopic (exact) mass is 473 g/mol. The number of hydrogen-bond donors (Lipinski definition) is 1. The van der Waals surface area contributed by atoms with Gasteiger partial charge >= 0.3 is 0 Å². The molecule has 10 heteroatoms. The van der Waals surface area contributed by atoms with Gasteiger partial charge in [-0.25, -0.2) is 17.2 Å². The highest BCUT2D eigenvalue weighted by Gasteiger charge is 2.15. The van der Waals surface area contributed by atoms with Gasteiger partial charge in [-0.2, -0.15) is 4.99 Å². The molecule has 1 amide bonds. The Morgan fingerprint density at radius 3 is 2.31 bits per heavy atom. The smallest absolute Gasteiger partial charge is 0.279 e. The summed E-state index contributed by atoms with van der Waals surface area (Å²) in [5, 5.41) is 0. The van der Waals surface area contributed by atoms with Crippen molar-refractivity contribution < 1.29 is 22.0 Å². The summed E-state index contributed by atoms with van der Waals surface area (Å²) in [5.74, 6) is -1.41. The summed E-state index contributed by atoms with van der Waals surface area (Å²) in [5.41, 5.74) is 1.30. The van der Waals surface area contributed by atoms with Crippen molar-refractivity contribution in [2.45, 2.75) is 18.4 Å². The fraction of sp³-hybridized carbons (Fsp3) is 0.0909. The maximum atomic E-state index is 13.5. The predicted molar refractivity (Wildman–Crippen MR) is 119 cm³/mol. The summed E-state index contributed by atoms with van der Waals surface area (Å²) >= 11 is 1.21. The van der Waals surface area contributed by atoms with Crippen molar-refractivity contribution >= 4 is 43.2 Å². The van der Waals surface area contributed by atoms with Crippen molar-refractivity contribution in [2.24, 2.45) is 4.99 Å². The zero-order chi connectivity index (χ0) is 22.9. The van der Waals surface area contributed by atoms with Crippen LogP contribution in [0.15, 0.2) is 76.6 Å². The molecule has 0 unspecified atom stereocenters. The van der Waals surface area contributed by atoms with E-state index >= 15 is 0 Å². The number of anilines is 1. The third-order valence-corrected chi connectivity index (χ3v) is 7.10. The Labute approximate surface area is 186 Å². The summed E-state index contributed by atoms with van der Waals surface area (Å²) in [6.07, 6.45) is 0. The minimum Gasteiger partial charge on any atom is -0.317 e. The molecule has 0 saturated heterocycles. The highest BCUT2D eigenvalue weighted by atomic mass is 32.2. The summed E-state index contributed by atoms with van der Waals surface area (Å²) in [6.45, 7) is 2.46. The third kappa shape index (κ3) is 4.46. The van der Waals surface area contributed by atoms with Crippen LogP contribution in [0.4, 0.5) is 14.5 Å². The Morgan fingerprint density at radius 2 is 1.66 bits per heavy atom.